The maximum Gasteiger partial charge on any atom is 0.0775 e. The highest BCUT2D eigenvalue weighted by atomic mass is 28.3. The van der Waals surface area contributed by atoms with Crippen molar-refractivity contribution in [3.8, 4) is 66.8 Å². The SMILES string of the molecule is C[Si](C)(C)c1ccc(-c2c(-c3ccc([Si](C)(C)C)cc3)c(-c3ccc([Si](C)(C)C)cc3)c(-c3ccc([Si](C)(C)C)cc3)c(-c3ccc([Si](C)(C)C)cc3)c2-c2ccc([Si](C)(C)C)cc2)cc1. The van der Waals surface area contributed by atoms with Crippen LogP contribution >= 0.6 is 0 Å². The molecule has 0 spiro atoms. The Morgan fingerprint density at radius 2 is 0.242 bits per heavy atom. The highest BCUT2D eigenvalue weighted by Gasteiger charge is 2.32. The molecule has 342 valence electrons. The highest BCUT2D eigenvalue weighted by Crippen LogP contribution is 2.55. The van der Waals surface area contributed by atoms with Crippen LogP contribution in [0.3, 0.4) is 0 Å². The molecule has 0 saturated heterocycles. The molecule has 0 aliphatic carbocycles. The quantitative estimate of drug-likeness (QED) is 0.107. The van der Waals surface area contributed by atoms with Gasteiger partial charge in [-0.05, 0) is 66.8 Å². The third-order valence-electron chi connectivity index (χ3n) is 13.7. The molecule has 0 atom stereocenters. The van der Waals surface area contributed by atoms with Crippen LogP contribution in [0.1, 0.15) is 0 Å². The minimum absolute atomic E-state index is 1.27. The van der Waals surface area contributed by atoms with Gasteiger partial charge in [-0.2, -0.15) is 0 Å². The molecule has 0 aliphatic heterocycles. The van der Waals surface area contributed by atoms with Gasteiger partial charge in [0.25, 0.3) is 0 Å². The summed E-state index contributed by atoms with van der Waals surface area (Å²) in [6, 6.07) is 58.9. The molecule has 0 unspecified atom stereocenters. The Morgan fingerprint density at radius 1 is 0.152 bits per heavy atom. The van der Waals surface area contributed by atoms with E-state index in [2.05, 4.69) is 263 Å². The van der Waals surface area contributed by atoms with Crippen molar-refractivity contribution < 1.29 is 0 Å². The molecule has 0 amide bonds. The Labute approximate surface area is 407 Å². The first kappa shape index (κ1) is 49.7. The lowest BCUT2D eigenvalue weighted by atomic mass is 9.74. The van der Waals surface area contributed by atoms with Crippen LogP contribution in [0, 0.1) is 0 Å². The molecule has 0 bridgehead atoms. The molecule has 0 heterocycles. The maximum absolute atomic E-state index is 2.46. The van der Waals surface area contributed by atoms with E-state index in [9.17, 15) is 0 Å². The van der Waals surface area contributed by atoms with Gasteiger partial charge in [-0.1, -0.05) is 295 Å². The molecule has 0 N–H and O–H groups in total. The van der Waals surface area contributed by atoms with Crippen molar-refractivity contribution in [3.05, 3.63) is 146 Å². The second kappa shape index (κ2) is 18.1. The van der Waals surface area contributed by atoms with Gasteiger partial charge < -0.3 is 0 Å². The number of hydrogen-bond donors (Lipinski definition) is 0. The lowest BCUT2D eigenvalue weighted by Crippen LogP contribution is -2.37. The van der Waals surface area contributed by atoms with Crippen molar-refractivity contribution in [2.45, 2.75) is 118 Å². The number of rotatable bonds is 12. The van der Waals surface area contributed by atoms with E-state index in [1.165, 1.54) is 97.9 Å². The summed E-state index contributed by atoms with van der Waals surface area (Å²) < 4.78 is 0. The third-order valence-corrected chi connectivity index (χ3v) is 26.1. The molecule has 7 aromatic carbocycles. The molecule has 6 heteroatoms. The zero-order valence-corrected chi connectivity index (χ0v) is 49.9. The molecule has 7 rings (SSSR count). The molecular formula is C60H78Si6. The lowest BCUT2D eigenvalue weighted by molar-refractivity contribution is 1.52. The molecule has 7 aromatic rings. The standard InChI is InChI=1S/C60H78Si6/c1-61(2,3)49-31-19-43(20-32-49)55-56(44-21-33-50(34-22-44)62(4,5)6)58(46-25-37-52(38-26-46)64(10,11)12)60(48-29-41-54(42-30-48)66(16,17)18)59(47-27-39-53(40-28-47)65(13,14)15)57(55)45-23-35-51(36-24-45)63(7,8)9/h19-42H,1-18H3. The van der Waals surface area contributed by atoms with Crippen LogP contribution in [-0.4, -0.2) is 48.4 Å². The van der Waals surface area contributed by atoms with Crippen molar-refractivity contribution in [3.63, 3.8) is 0 Å². The van der Waals surface area contributed by atoms with E-state index in [1.807, 2.05) is 0 Å². The average molecular weight is 968 g/mol. The van der Waals surface area contributed by atoms with Gasteiger partial charge in [-0.15, -0.1) is 0 Å². The van der Waals surface area contributed by atoms with E-state index in [0.29, 0.717) is 0 Å². The molecule has 0 saturated carbocycles. The van der Waals surface area contributed by atoms with E-state index in [-0.39, 0.29) is 0 Å². The van der Waals surface area contributed by atoms with E-state index < -0.39 is 48.4 Å². The predicted molar refractivity (Wildman–Crippen MR) is 317 cm³/mol. The Bertz CT molecular complexity index is 2280. The summed E-state index contributed by atoms with van der Waals surface area (Å²) in [5.41, 5.74) is 15.5. The monoisotopic (exact) mass is 966 g/mol. The largest absolute Gasteiger partial charge is 0.0775 e. The van der Waals surface area contributed by atoms with Gasteiger partial charge >= 0.3 is 0 Å². The molecule has 0 radical (unpaired) electrons. The average Bonchev–Trinajstić information content (AvgIpc) is 3.24. The molecule has 0 aliphatic rings. The van der Waals surface area contributed by atoms with Crippen molar-refractivity contribution in [2.75, 3.05) is 0 Å². The fraction of sp³-hybridized carbons (Fsp3) is 0.300. The van der Waals surface area contributed by atoms with E-state index in [0.717, 1.165) is 0 Å². The summed E-state index contributed by atoms with van der Waals surface area (Å²) >= 11 is 0. The van der Waals surface area contributed by atoms with Crippen LogP contribution in [0.2, 0.25) is 118 Å². The van der Waals surface area contributed by atoms with E-state index in [1.54, 1.807) is 0 Å². The fourth-order valence-electron chi connectivity index (χ4n) is 9.30. The molecule has 66 heavy (non-hydrogen) atoms. The van der Waals surface area contributed by atoms with Gasteiger partial charge in [0, 0.05) is 0 Å². The van der Waals surface area contributed by atoms with E-state index >= 15 is 0 Å². The fourth-order valence-corrected chi connectivity index (χ4v) is 16.3. The van der Waals surface area contributed by atoms with Gasteiger partial charge in [0.1, 0.15) is 0 Å². The first-order chi connectivity index (χ1) is 30.5. The molecular weight excluding hydrogens is 889 g/mol. The second-order valence-electron chi connectivity index (χ2n) is 25.2. The van der Waals surface area contributed by atoms with Crippen LogP contribution in [0.4, 0.5) is 0 Å². The zero-order chi connectivity index (χ0) is 48.4. The summed E-state index contributed by atoms with van der Waals surface area (Å²) in [5.74, 6) is 0. The number of hydrogen-bond acceptors (Lipinski definition) is 0. The minimum atomic E-state index is -1.58. The Kier molecular flexibility index (Phi) is 13.6. The third kappa shape index (κ3) is 10.6. The van der Waals surface area contributed by atoms with Crippen LogP contribution in [-0.2, 0) is 0 Å². The second-order valence-corrected chi connectivity index (χ2v) is 55.7. The van der Waals surface area contributed by atoms with Crippen molar-refractivity contribution in [2.24, 2.45) is 0 Å². The Morgan fingerprint density at radius 3 is 0.318 bits per heavy atom. The normalized spacial score (nSPS) is 13.0. The van der Waals surface area contributed by atoms with Crippen LogP contribution in [0.5, 0.6) is 0 Å². The summed E-state index contributed by atoms with van der Waals surface area (Å²) in [7, 11) is -9.50. The smallest absolute Gasteiger partial charge is 0.0656 e. The highest BCUT2D eigenvalue weighted by molar-refractivity contribution is 6.90. The maximum atomic E-state index is 2.46. The minimum Gasteiger partial charge on any atom is -0.0656 e. The van der Waals surface area contributed by atoms with Crippen LogP contribution < -0.4 is 31.1 Å². The molecule has 0 aromatic heterocycles. The van der Waals surface area contributed by atoms with Crippen LogP contribution in [0.25, 0.3) is 66.8 Å². The van der Waals surface area contributed by atoms with Crippen molar-refractivity contribution in [1.29, 1.82) is 0 Å². The predicted octanol–water partition coefficient (Wildman–Crippen LogP) is 15.0. The van der Waals surface area contributed by atoms with Gasteiger partial charge in [-0.25, -0.2) is 0 Å². The summed E-state index contributed by atoms with van der Waals surface area (Å²) in [6.45, 7) is 44.4. The van der Waals surface area contributed by atoms with Crippen LogP contribution in [0.15, 0.2) is 146 Å². The summed E-state index contributed by atoms with van der Waals surface area (Å²) in [4.78, 5) is 0. The van der Waals surface area contributed by atoms with Crippen molar-refractivity contribution >= 4 is 79.6 Å². The van der Waals surface area contributed by atoms with Gasteiger partial charge in [-0.3, -0.25) is 0 Å². The van der Waals surface area contributed by atoms with Gasteiger partial charge in [0.15, 0.2) is 0 Å². The van der Waals surface area contributed by atoms with Crippen molar-refractivity contribution in [1.82, 2.24) is 0 Å². The molecule has 0 fully saturated rings. The van der Waals surface area contributed by atoms with Gasteiger partial charge in [0.05, 0.1) is 48.4 Å². The van der Waals surface area contributed by atoms with Gasteiger partial charge in [0.2, 0.25) is 0 Å². The van der Waals surface area contributed by atoms with E-state index in [4.69, 9.17) is 0 Å². The first-order valence-corrected chi connectivity index (χ1v) is 45.4. The summed E-state index contributed by atoms with van der Waals surface area (Å²) in [5, 5.41) is 8.90. The first-order valence-electron chi connectivity index (χ1n) is 24.4. The number of benzene rings is 7. The molecule has 0 nitrogen and oxygen atoms in total. The Balaban J connectivity index is 1.80. The Hall–Kier alpha value is -4.16. The summed E-state index contributed by atoms with van der Waals surface area (Å²) in [6.07, 6.45) is 0. The topological polar surface area (TPSA) is 0 Å². The lowest BCUT2D eigenvalue weighted by Gasteiger charge is -2.30. The zero-order valence-electron chi connectivity index (χ0n) is 43.9.